The van der Waals surface area contributed by atoms with Gasteiger partial charge in [0.1, 0.15) is 0 Å². The maximum atomic E-state index is 5.14. The van der Waals surface area contributed by atoms with Crippen molar-refractivity contribution in [1.82, 2.24) is 14.9 Å². The van der Waals surface area contributed by atoms with Crippen molar-refractivity contribution in [3.63, 3.8) is 0 Å². The molecule has 1 saturated heterocycles. The highest BCUT2D eigenvalue weighted by Crippen LogP contribution is 2.16. The first kappa shape index (κ1) is 12.4. The van der Waals surface area contributed by atoms with Crippen molar-refractivity contribution in [2.75, 3.05) is 38.3 Å². The van der Waals surface area contributed by atoms with Crippen LogP contribution >= 0.6 is 0 Å². The van der Waals surface area contributed by atoms with Crippen LogP contribution in [-0.2, 0) is 11.3 Å². The summed E-state index contributed by atoms with van der Waals surface area (Å²) < 4.78 is 7.33. The van der Waals surface area contributed by atoms with Gasteiger partial charge in [-0.2, -0.15) is 0 Å². The Labute approximate surface area is 103 Å². The molecule has 17 heavy (non-hydrogen) atoms. The molecule has 2 rings (SSSR count). The van der Waals surface area contributed by atoms with Crippen LogP contribution in [0.5, 0.6) is 0 Å². The fourth-order valence-corrected chi connectivity index (χ4v) is 2.25. The topological polar surface area (TPSA) is 42.3 Å². The molecule has 1 N–H and O–H groups in total. The van der Waals surface area contributed by atoms with E-state index in [4.69, 9.17) is 4.74 Å². The first-order valence-corrected chi connectivity index (χ1v) is 6.21. The van der Waals surface area contributed by atoms with Gasteiger partial charge in [0.25, 0.3) is 0 Å². The molecule has 1 aromatic heterocycles. The van der Waals surface area contributed by atoms with Crippen LogP contribution < -0.4 is 10.2 Å². The molecule has 2 heterocycles. The summed E-state index contributed by atoms with van der Waals surface area (Å²) in [6.07, 6.45) is 2.10. The van der Waals surface area contributed by atoms with E-state index in [-0.39, 0.29) is 0 Å². The van der Waals surface area contributed by atoms with E-state index in [9.17, 15) is 0 Å². The van der Waals surface area contributed by atoms with Crippen LogP contribution in [0.1, 0.15) is 12.6 Å². The van der Waals surface area contributed by atoms with Gasteiger partial charge < -0.3 is 19.5 Å². The van der Waals surface area contributed by atoms with Gasteiger partial charge in [-0.3, -0.25) is 0 Å². The third-order valence-corrected chi connectivity index (χ3v) is 3.06. The second-order valence-corrected chi connectivity index (χ2v) is 4.67. The normalized spacial score (nSPS) is 20.9. The maximum absolute atomic E-state index is 5.14. The molecule has 1 fully saturated rings. The average molecular weight is 238 g/mol. The minimum absolute atomic E-state index is 0.525. The number of ether oxygens (including phenoxy) is 1. The Morgan fingerprint density at radius 1 is 1.59 bits per heavy atom. The standard InChI is InChI=1S/C12H22N4O/c1-10-8-15(5-4-13-10)12-14-11(2)9-16(12)6-7-17-3/h9-10,13H,4-8H2,1-3H3/t10-/m1/s1. The van der Waals surface area contributed by atoms with Crippen LogP contribution in [0.3, 0.4) is 0 Å². The molecule has 1 aromatic rings. The quantitative estimate of drug-likeness (QED) is 0.836. The number of imidazole rings is 1. The monoisotopic (exact) mass is 238 g/mol. The molecular weight excluding hydrogens is 216 g/mol. The van der Waals surface area contributed by atoms with Gasteiger partial charge in [0.2, 0.25) is 5.95 Å². The summed E-state index contributed by atoms with van der Waals surface area (Å²) in [7, 11) is 1.73. The lowest BCUT2D eigenvalue weighted by molar-refractivity contribution is 0.187. The number of piperazine rings is 1. The van der Waals surface area contributed by atoms with Crippen LogP contribution in [0.2, 0.25) is 0 Å². The average Bonchev–Trinajstić information content (AvgIpc) is 2.68. The fourth-order valence-electron chi connectivity index (χ4n) is 2.25. The van der Waals surface area contributed by atoms with Gasteiger partial charge in [-0.25, -0.2) is 4.98 Å². The van der Waals surface area contributed by atoms with Crippen molar-refractivity contribution in [3.8, 4) is 0 Å². The van der Waals surface area contributed by atoms with E-state index in [1.807, 2.05) is 6.92 Å². The van der Waals surface area contributed by atoms with Gasteiger partial charge in [-0.1, -0.05) is 0 Å². The van der Waals surface area contributed by atoms with E-state index in [0.29, 0.717) is 6.04 Å². The Bertz CT molecular complexity index is 363. The molecule has 0 bridgehead atoms. The minimum Gasteiger partial charge on any atom is -0.383 e. The number of nitrogens with one attached hydrogen (secondary N) is 1. The molecule has 0 saturated carbocycles. The van der Waals surface area contributed by atoms with Gasteiger partial charge >= 0.3 is 0 Å². The molecule has 0 aromatic carbocycles. The van der Waals surface area contributed by atoms with Crippen molar-refractivity contribution in [1.29, 1.82) is 0 Å². The summed E-state index contributed by atoms with van der Waals surface area (Å²) in [6.45, 7) is 8.91. The second kappa shape index (κ2) is 5.51. The number of hydrogen-bond donors (Lipinski definition) is 1. The summed E-state index contributed by atoms with van der Waals surface area (Å²) in [5.74, 6) is 1.08. The van der Waals surface area contributed by atoms with Crippen molar-refractivity contribution in [3.05, 3.63) is 11.9 Å². The van der Waals surface area contributed by atoms with Crippen molar-refractivity contribution in [2.45, 2.75) is 26.4 Å². The predicted molar refractivity (Wildman–Crippen MR) is 68.5 cm³/mol. The first-order valence-electron chi connectivity index (χ1n) is 6.21. The van der Waals surface area contributed by atoms with Crippen molar-refractivity contribution >= 4 is 5.95 Å². The van der Waals surface area contributed by atoms with Gasteiger partial charge in [0, 0.05) is 45.5 Å². The largest absolute Gasteiger partial charge is 0.383 e. The highest BCUT2D eigenvalue weighted by Gasteiger charge is 2.20. The predicted octanol–water partition coefficient (Wildman–Crippen LogP) is 0.636. The first-order chi connectivity index (χ1) is 8.20. The molecule has 1 aliphatic heterocycles. The number of aromatic nitrogens is 2. The number of anilines is 1. The van der Waals surface area contributed by atoms with Gasteiger partial charge in [0.05, 0.1) is 12.3 Å². The Kier molecular flexibility index (Phi) is 4.02. The molecule has 5 heteroatoms. The highest BCUT2D eigenvalue weighted by atomic mass is 16.5. The van der Waals surface area contributed by atoms with E-state index in [0.717, 1.165) is 44.4 Å². The molecule has 0 amide bonds. The zero-order valence-electron chi connectivity index (χ0n) is 10.9. The molecule has 0 unspecified atom stereocenters. The van der Waals surface area contributed by atoms with Crippen LogP contribution in [0.4, 0.5) is 5.95 Å². The van der Waals surface area contributed by atoms with Crippen LogP contribution in [0, 0.1) is 6.92 Å². The SMILES string of the molecule is COCCn1cc(C)nc1N1CCN[C@H](C)C1. The summed E-state index contributed by atoms with van der Waals surface area (Å²) >= 11 is 0. The number of rotatable bonds is 4. The summed E-state index contributed by atoms with van der Waals surface area (Å²) in [4.78, 5) is 6.98. The van der Waals surface area contributed by atoms with Gasteiger partial charge in [0.15, 0.2) is 0 Å². The van der Waals surface area contributed by atoms with Crippen LogP contribution in [-0.4, -0.2) is 48.9 Å². The van der Waals surface area contributed by atoms with E-state index in [2.05, 4.69) is 32.9 Å². The Morgan fingerprint density at radius 3 is 3.12 bits per heavy atom. The fraction of sp³-hybridized carbons (Fsp3) is 0.750. The minimum atomic E-state index is 0.525. The lowest BCUT2D eigenvalue weighted by Gasteiger charge is -2.32. The molecule has 1 atom stereocenters. The molecule has 5 nitrogen and oxygen atoms in total. The summed E-state index contributed by atoms with van der Waals surface area (Å²) in [6, 6.07) is 0.525. The summed E-state index contributed by atoms with van der Waals surface area (Å²) in [5.41, 5.74) is 1.07. The maximum Gasteiger partial charge on any atom is 0.205 e. The number of aryl methyl sites for hydroxylation is 1. The molecule has 0 spiro atoms. The van der Waals surface area contributed by atoms with E-state index >= 15 is 0 Å². The van der Waals surface area contributed by atoms with Crippen molar-refractivity contribution in [2.24, 2.45) is 0 Å². The van der Waals surface area contributed by atoms with Crippen LogP contribution in [0.25, 0.3) is 0 Å². The lowest BCUT2D eigenvalue weighted by atomic mass is 10.2. The second-order valence-electron chi connectivity index (χ2n) is 4.67. The number of hydrogen-bond acceptors (Lipinski definition) is 4. The van der Waals surface area contributed by atoms with Gasteiger partial charge in [-0.05, 0) is 13.8 Å². The van der Waals surface area contributed by atoms with E-state index in [1.165, 1.54) is 0 Å². The Balaban J connectivity index is 2.12. The van der Waals surface area contributed by atoms with Crippen LogP contribution in [0.15, 0.2) is 6.20 Å². The highest BCUT2D eigenvalue weighted by molar-refractivity contribution is 5.34. The zero-order chi connectivity index (χ0) is 12.3. The van der Waals surface area contributed by atoms with Crippen molar-refractivity contribution < 1.29 is 4.74 Å². The van der Waals surface area contributed by atoms with Gasteiger partial charge in [-0.15, -0.1) is 0 Å². The Morgan fingerprint density at radius 2 is 2.41 bits per heavy atom. The molecule has 1 aliphatic rings. The smallest absolute Gasteiger partial charge is 0.205 e. The lowest BCUT2D eigenvalue weighted by Crippen LogP contribution is -2.50. The van der Waals surface area contributed by atoms with E-state index in [1.54, 1.807) is 7.11 Å². The Hall–Kier alpha value is -1.07. The number of nitrogens with zero attached hydrogens (tertiary/aromatic N) is 3. The molecule has 0 radical (unpaired) electrons. The molecule has 0 aliphatic carbocycles. The van der Waals surface area contributed by atoms with E-state index < -0.39 is 0 Å². The number of methoxy groups -OCH3 is 1. The molecule has 96 valence electrons. The third kappa shape index (κ3) is 2.98. The third-order valence-electron chi connectivity index (χ3n) is 3.06. The molecular formula is C12H22N4O. The summed E-state index contributed by atoms with van der Waals surface area (Å²) in [5, 5.41) is 3.45. The zero-order valence-corrected chi connectivity index (χ0v) is 10.9.